The number of sulfonamides is 2. The highest BCUT2D eigenvalue weighted by Crippen LogP contribution is 2.25. The maximum atomic E-state index is 12.6. The van der Waals surface area contributed by atoms with Gasteiger partial charge in [0.15, 0.2) is 0 Å². The fourth-order valence-electron chi connectivity index (χ4n) is 3.58. The van der Waals surface area contributed by atoms with Crippen LogP contribution in [0.2, 0.25) is 0 Å². The van der Waals surface area contributed by atoms with Gasteiger partial charge in [0.2, 0.25) is 0 Å². The van der Waals surface area contributed by atoms with E-state index in [1.54, 1.807) is 36.4 Å². The number of aryl methyl sites for hydroxylation is 2. The lowest BCUT2D eigenvalue weighted by atomic mass is 9.96. The first kappa shape index (κ1) is 26.8. The topological polar surface area (TPSA) is 117 Å². The van der Waals surface area contributed by atoms with Crippen molar-refractivity contribution in [1.82, 2.24) is 9.66 Å². The second-order valence-corrected chi connectivity index (χ2v) is 11.8. The zero-order valence-corrected chi connectivity index (χ0v) is 22.4. The molecule has 2 N–H and O–H groups in total. The van der Waals surface area contributed by atoms with Crippen LogP contribution in [-0.4, -0.2) is 29.3 Å². The third-order valence-electron chi connectivity index (χ3n) is 5.63. The van der Waals surface area contributed by atoms with Crippen molar-refractivity contribution < 1.29 is 16.8 Å². The second kappa shape index (κ2) is 11.4. The highest BCUT2D eigenvalue weighted by atomic mass is 32.2. The Morgan fingerprint density at radius 2 is 0.868 bits per heavy atom. The molecule has 0 saturated carbocycles. The summed E-state index contributed by atoms with van der Waals surface area (Å²) < 4.78 is 50.3. The zero-order valence-electron chi connectivity index (χ0n) is 20.7. The molecule has 0 aliphatic carbocycles. The van der Waals surface area contributed by atoms with Gasteiger partial charge in [0, 0.05) is 11.1 Å². The number of hydrogen-bond acceptors (Lipinski definition) is 6. The van der Waals surface area contributed by atoms with Crippen molar-refractivity contribution in [3.8, 4) is 11.1 Å². The number of nitrogens with one attached hydrogen (secondary N) is 2. The molecule has 0 spiro atoms. The van der Waals surface area contributed by atoms with Gasteiger partial charge in [-0.05, 0) is 49.2 Å². The van der Waals surface area contributed by atoms with Crippen molar-refractivity contribution in [1.29, 1.82) is 0 Å². The van der Waals surface area contributed by atoms with Crippen LogP contribution in [-0.2, 0) is 20.0 Å². The number of benzene rings is 4. The molecule has 0 aliphatic heterocycles. The van der Waals surface area contributed by atoms with Crippen molar-refractivity contribution >= 4 is 32.5 Å². The van der Waals surface area contributed by atoms with Crippen LogP contribution in [0.3, 0.4) is 0 Å². The summed E-state index contributed by atoms with van der Waals surface area (Å²) in [6.45, 7) is 3.75. The predicted molar refractivity (Wildman–Crippen MR) is 150 cm³/mol. The molecule has 0 saturated heterocycles. The first-order chi connectivity index (χ1) is 18.2. The van der Waals surface area contributed by atoms with Crippen molar-refractivity contribution in [3.05, 3.63) is 119 Å². The molecule has 4 aromatic rings. The minimum Gasteiger partial charge on any atom is -0.200 e. The van der Waals surface area contributed by atoms with Crippen LogP contribution >= 0.6 is 0 Å². The summed E-state index contributed by atoms with van der Waals surface area (Å²) >= 11 is 0. The Balaban J connectivity index is 1.56. The lowest BCUT2D eigenvalue weighted by Gasteiger charge is -2.10. The Kier molecular flexibility index (Phi) is 8.04. The van der Waals surface area contributed by atoms with E-state index in [0.717, 1.165) is 22.3 Å². The minimum atomic E-state index is -3.82. The lowest BCUT2D eigenvalue weighted by Crippen LogP contribution is -2.18. The van der Waals surface area contributed by atoms with E-state index < -0.39 is 20.0 Å². The van der Waals surface area contributed by atoms with E-state index in [1.165, 1.54) is 36.7 Å². The monoisotopic (exact) mass is 546 g/mol. The quantitative estimate of drug-likeness (QED) is 0.236. The van der Waals surface area contributed by atoms with Crippen LogP contribution in [0.15, 0.2) is 117 Å². The minimum absolute atomic E-state index is 0.114. The molecule has 4 aromatic carbocycles. The number of hydrogen-bond donors (Lipinski definition) is 2. The molecule has 10 heteroatoms. The summed E-state index contributed by atoms with van der Waals surface area (Å²) in [5.74, 6) is 0. The van der Waals surface area contributed by atoms with E-state index in [4.69, 9.17) is 0 Å². The van der Waals surface area contributed by atoms with E-state index in [2.05, 4.69) is 19.9 Å². The Hall–Kier alpha value is -4.28. The second-order valence-electron chi connectivity index (χ2n) is 8.51. The number of hydrazone groups is 2. The summed E-state index contributed by atoms with van der Waals surface area (Å²) in [7, 11) is -7.64. The molecule has 8 nitrogen and oxygen atoms in total. The average molecular weight is 547 g/mol. The van der Waals surface area contributed by atoms with Gasteiger partial charge in [-0.1, -0.05) is 83.9 Å². The molecule has 194 valence electrons. The van der Waals surface area contributed by atoms with Crippen LogP contribution in [0.25, 0.3) is 11.1 Å². The first-order valence-corrected chi connectivity index (χ1v) is 14.5. The maximum Gasteiger partial charge on any atom is 0.276 e. The van der Waals surface area contributed by atoms with Gasteiger partial charge in [0.1, 0.15) is 0 Å². The molecule has 0 amide bonds. The summed E-state index contributed by atoms with van der Waals surface area (Å²) in [5.41, 5.74) is 4.72. The van der Waals surface area contributed by atoms with E-state index >= 15 is 0 Å². The Morgan fingerprint density at radius 3 is 1.24 bits per heavy atom. The van der Waals surface area contributed by atoms with Gasteiger partial charge in [0.25, 0.3) is 20.0 Å². The third kappa shape index (κ3) is 6.53. The molecule has 0 radical (unpaired) electrons. The lowest BCUT2D eigenvalue weighted by molar-refractivity contribution is 0.583. The summed E-state index contributed by atoms with van der Waals surface area (Å²) in [5, 5.41) is 7.95. The molecular formula is C28H26N4O4S2. The molecule has 38 heavy (non-hydrogen) atoms. The molecular weight excluding hydrogens is 520 g/mol. The highest BCUT2D eigenvalue weighted by Gasteiger charge is 2.14. The fraction of sp³-hybridized carbons (Fsp3) is 0.0714. The Labute approximate surface area is 222 Å². The van der Waals surface area contributed by atoms with Crippen molar-refractivity contribution in [2.45, 2.75) is 23.6 Å². The highest BCUT2D eigenvalue weighted by molar-refractivity contribution is 7.89. The van der Waals surface area contributed by atoms with Crippen LogP contribution in [0.5, 0.6) is 0 Å². The summed E-state index contributed by atoms with van der Waals surface area (Å²) in [4.78, 5) is 4.72. The van der Waals surface area contributed by atoms with Gasteiger partial charge in [-0.15, -0.1) is 0 Å². The van der Waals surface area contributed by atoms with Gasteiger partial charge < -0.3 is 0 Å². The Morgan fingerprint density at radius 1 is 0.526 bits per heavy atom. The predicted octanol–water partition coefficient (Wildman–Crippen LogP) is 4.60. The standard InChI is InChI=1S/C28H26N4O4S2/c1-21-11-15-25(16-12-21)37(33,34)31-29-19-23-7-3-5-9-27(23)28-10-6-4-8-24(28)20-30-32-38(35,36)26-17-13-22(2)14-18-26/h3-20,31-32H,1-2H3/b29-19-,30-20+. The fourth-order valence-corrected chi connectivity index (χ4v) is 5.16. The van der Waals surface area contributed by atoms with Crippen molar-refractivity contribution in [2.75, 3.05) is 0 Å². The van der Waals surface area contributed by atoms with E-state index in [0.29, 0.717) is 11.1 Å². The first-order valence-electron chi connectivity index (χ1n) is 11.6. The molecule has 0 fully saturated rings. The maximum absolute atomic E-state index is 12.6. The zero-order chi connectivity index (χ0) is 27.2. The summed E-state index contributed by atoms with van der Waals surface area (Å²) in [6, 6.07) is 27.6. The number of rotatable bonds is 9. The van der Waals surface area contributed by atoms with Crippen LogP contribution in [0.1, 0.15) is 22.3 Å². The molecule has 0 heterocycles. The van der Waals surface area contributed by atoms with Gasteiger partial charge in [0.05, 0.1) is 22.2 Å². The molecule has 0 aliphatic rings. The Bertz CT molecular complexity index is 1570. The normalized spacial score (nSPS) is 12.2. The van der Waals surface area contributed by atoms with Gasteiger partial charge in [-0.2, -0.15) is 27.0 Å². The molecule has 0 atom stereocenters. The van der Waals surface area contributed by atoms with Crippen LogP contribution in [0.4, 0.5) is 0 Å². The SMILES string of the molecule is Cc1ccc(S(=O)(=O)N/N=C\c2ccccc2-c2ccccc2/C=N/NS(=O)(=O)c2ccc(C)cc2)cc1. The average Bonchev–Trinajstić information content (AvgIpc) is 2.90. The van der Waals surface area contributed by atoms with Gasteiger partial charge >= 0.3 is 0 Å². The molecule has 0 aromatic heterocycles. The van der Waals surface area contributed by atoms with E-state index in [-0.39, 0.29) is 9.79 Å². The van der Waals surface area contributed by atoms with Gasteiger partial charge in [-0.25, -0.2) is 9.66 Å². The van der Waals surface area contributed by atoms with E-state index in [9.17, 15) is 16.8 Å². The van der Waals surface area contributed by atoms with Crippen LogP contribution in [0, 0.1) is 13.8 Å². The molecule has 0 bridgehead atoms. The van der Waals surface area contributed by atoms with Crippen LogP contribution < -0.4 is 9.66 Å². The van der Waals surface area contributed by atoms with E-state index in [1.807, 2.05) is 50.2 Å². The third-order valence-corrected chi connectivity index (χ3v) is 8.10. The molecule has 0 unspecified atom stereocenters. The molecule has 4 rings (SSSR count). The smallest absolute Gasteiger partial charge is 0.200 e. The summed E-state index contributed by atoms with van der Waals surface area (Å²) in [6.07, 6.45) is 2.85. The van der Waals surface area contributed by atoms with Gasteiger partial charge in [-0.3, -0.25) is 0 Å². The largest absolute Gasteiger partial charge is 0.276 e. The van der Waals surface area contributed by atoms with Crippen molar-refractivity contribution in [3.63, 3.8) is 0 Å². The number of nitrogens with zero attached hydrogens (tertiary/aromatic N) is 2. The van der Waals surface area contributed by atoms with Crippen molar-refractivity contribution in [2.24, 2.45) is 10.2 Å².